The number of amides is 1. The van der Waals surface area contributed by atoms with Gasteiger partial charge in [-0.25, -0.2) is 4.39 Å². The molecule has 2 N–H and O–H groups in total. The van der Waals surface area contributed by atoms with Crippen LogP contribution in [0.2, 0.25) is 5.02 Å². The van der Waals surface area contributed by atoms with Crippen molar-refractivity contribution in [3.05, 3.63) is 62.4 Å². The quantitative estimate of drug-likeness (QED) is 0.628. The van der Waals surface area contributed by atoms with Gasteiger partial charge in [0.25, 0.3) is 5.69 Å². The molecule has 6 nitrogen and oxygen atoms in total. The Morgan fingerprint density at radius 2 is 1.88 bits per heavy atom. The lowest BCUT2D eigenvalue weighted by Gasteiger charge is -2.10. The molecular weight excluding hydrogens is 337 g/mol. The number of nitro groups is 1. The van der Waals surface area contributed by atoms with Gasteiger partial charge in [-0.3, -0.25) is 14.9 Å². The Morgan fingerprint density at radius 3 is 2.50 bits per heavy atom. The number of benzene rings is 2. The molecule has 1 amide bonds. The van der Waals surface area contributed by atoms with E-state index in [4.69, 9.17) is 11.6 Å². The van der Waals surface area contributed by atoms with Gasteiger partial charge in [0.15, 0.2) is 0 Å². The first-order chi connectivity index (χ1) is 11.3. The summed E-state index contributed by atoms with van der Waals surface area (Å²) in [5, 5.41) is 16.4. The van der Waals surface area contributed by atoms with Crippen LogP contribution in [-0.4, -0.2) is 17.4 Å². The van der Waals surface area contributed by atoms with Gasteiger partial charge in [-0.05, 0) is 49.2 Å². The minimum atomic E-state index is -0.590. The van der Waals surface area contributed by atoms with Crippen LogP contribution < -0.4 is 10.6 Å². The highest BCUT2D eigenvalue weighted by Crippen LogP contribution is 2.28. The first-order valence-corrected chi connectivity index (χ1v) is 7.40. The molecule has 2 aromatic rings. The molecule has 0 saturated heterocycles. The Labute approximate surface area is 142 Å². The summed E-state index contributed by atoms with van der Waals surface area (Å²) in [5.41, 5.74) is 1.59. The molecule has 0 spiro atoms. The van der Waals surface area contributed by atoms with Crippen LogP contribution in [0.4, 0.5) is 21.5 Å². The van der Waals surface area contributed by atoms with Crippen molar-refractivity contribution < 1.29 is 14.1 Å². The van der Waals surface area contributed by atoms with Crippen LogP contribution in [0.1, 0.15) is 11.1 Å². The number of anilines is 2. The second kappa shape index (κ2) is 7.27. The lowest BCUT2D eigenvalue weighted by molar-refractivity contribution is -0.384. The normalized spacial score (nSPS) is 10.3. The number of nitro benzene ring substituents is 1. The Morgan fingerprint density at radius 1 is 1.21 bits per heavy atom. The van der Waals surface area contributed by atoms with E-state index in [0.29, 0.717) is 0 Å². The first kappa shape index (κ1) is 17.7. The molecule has 8 heteroatoms. The van der Waals surface area contributed by atoms with Crippen molar-refractivity contribution >= 4 is 34.6 Å². The number of carbonyl (C=O) groups excluding carboxylic acids is 1. The summed E-state index contributed by atoms with van der Waals surface area (Å²) < 4.78 is 13.6. The number of hydrogen-bond acceptors (Lipinski definition) is 4. The van der Waals surface area contributed by atoms with Crippen LogP contribution in [-0.2, 0) is 4.79 Å². The third kappa shape index (κ3) is 4.20. The molecule has 0 fully saturated rings. The topological polar surface area (TPSA) is 84.3 Å². The molecule has 0 heterocycles. The zero-order chi connectivity index (χ0) is 17.9. The van der Waals surface area contributed by atoms with Gasteiger partial charge in [0.05, 0.1) is 17.2 Å². The zero-order valence-electron chi connectivity index (χ0n) is 13.0. The zero-order valence-corrected chi connectivity index (χ0v) is 13.8. The molecule has 0 radical (unpaired) electrons. The summed E-state index contributed by atoms with van der Waals surface area (Å²) in [6, 6.07) is 6.95. The maximum Gasteiger partial charge on any atom is 0.293 e. The van der Waals surface area contributed by atoms with Crippen LogP contribution in [0.5, 0.6) is 0 Å². The number of nitrogens with zero attached hydrogens (tertiary/aromatic N) is 1. The van der Waals surface area contributed by atoms with Crippen molar-refractivity contribution in [3.63, 3.8) is 0 Å². The van der Waals surface area contributed by atoms with Gasteiger partial charge in [0.2, 0.25) is 5.91 Å². The Hall–Kier alpha value is -2.67. The van der Waals surface area contributed by atoms with E-state index in [2.05, 4.69) is 10.6 Å². The minimum Gasteiger partial charge on any atom is -0.374 e. The standard InChI is InChI=1S/C16H15ClFN3O3/c1-9-5-14(15(21(23)24)6-10(9)2)20-16(22)8-19-13-4-3-11(17)7-12(13)18/h3-7,19H,8H2,1-2H3,(H,20,22). The van der Waals surface area contributed by atoms with Gasteiger partial charge in [-0.2, -0.15) is 0 Å². The Bertz CT molecular complexity index is 811. The van der Waals surface area contributed by atoms with E-state index in [0.717, 1.165) is 17.2 Å². The Balaban J connectivity index is 2.10. The predicted octanol–water partition coefficient (Wildman–Crippen LogP) is 4.05. The van der Waals surface area contributed by atoms with Gasteiger partial charge in [-0.15, -0.1) is 0 Å². The molecule has 0 aromatic heterocycles. The molecule has 0 aliphatic heterocycles. The maximum absolute atomic E-state index is 13.6. The van der Waals surface area contributed by atoms with E-state index < -0.39 is 16.6 Å². The highest BCUT2D eigenvalue weighted by atomic mass is 35.5. The fraction of sp³-hybridized carbons (Fsp3) is 0.188. The summed E-state index contributed by atoms with van der Waals surface area (Å²) in [6.45, 7) is 3.29. The molecule has 0 aliphatic carbocycles. The third-order valence-corrected chi connectivity index (χ3v) is 3.69. The minimum absolute atomic E-state index is 0.103. The third-order valence-electron chi connectivity index (χ3n) is 3.45. The largest absolute Gasteiger partial charge is 0.374 e. The number of halogens is 2. The van der Waals surface area contributed by atoms with E-state index in [1.807, 2.05) is 0 Å². The average Bonchev–Trinajstić information content (AvgIpc) is 2.49. The number of nitrogens with one attached hydrogen (secondary N) is 2. The van der Waals surface area contributed by atoms with Gasteiger partial charge in [-0.1, -0.05) is 11.6 Å². The molecule has 2 rings (SSSR count). The monoisotopic (exact) mass is 351 g/mol. The van der Waals surface area contributed by atoms with Crippen molar-refractivity contribution in [3.8, 4) is 0 Å². The van der Waals surface area contributed by atoms with Crippen LogP contribution in [0.25, 0.3) is 0 Å². The van der Waals surface area contributed by atoms with E-state index in [-0.39, 0.29) is 28.6 Å². The van der Waals surface area contributed by atoms with Crippen LogP contribution >= 0.6 is 11.6 Å². The molecule has 0 saturated carbocycles. The van der Waals surface area contributed by atoms with Crippen molar-refractivity contribution in [2.75, 3.05) is 17.2 Å². The SMILES string of the molecule is Cc1cc(NC(=O)CNc2ccc(Cl)cc2F)c([N+](=O)[O-])cc1C. The van der Waals surface area contributed by atoms with Crippen molar-refractivity contribution in [1.29, 1.82) is 0 Å². The summed E-state index contributed by atoms with van der Waals surface area (Å²) in [7, 11) is 0. The van der Waals surface area contributed by atoms with Crippen LogP contribution in [0.15, 0.2) is 30.3 Å². The second-order valence-electron chi connectivity index (χ2n) is 5.24. The number of hydrogen-bond donors (Lipinski definition) is 2. The highest BCUT2D eigenvalue weighted by molar-refractivity contribution is 6.30. The first-order valence-electron chi connectivity index (χ1n) is 7.02. The number of carbonyl (C=O) groups is 1. The number of aryl methyl sites for hydroxylation is 2. The summed E-state index contributed by atoms with van der Waals surface area (Å²) in [4.78, 5) is 22.5. The smallest absolute Gasteiger partial charge is 0.293 e. The lowest BCUT2D eigenvalue weighted by atomic mass is 10.1. The van der Waals surface area contributed by atoms with E-state index >= 15 is 0 Å². The molecule has 2 aromatic carbocycles. The fourth-order valence-electron chi connectivity index (χ4n) is 2.05. The van der Waals surface area contributed by atoms with Gasteiger partial charge >= 0.3 is 0 Å². The predicted molar refractivity (Wildman–Crippen MR) is 91.1 cm³/mol. The Kier molecular flexibility index (Phi) is 5.35. The molecule has 0 aliphatic rings. The summed E-state index contributed by atoms with van der Waals surface area (Å²) >= 11 is 5.65. The van der Waals surface area contributed by atoms with Crippen LogP contribution in [0, 0.1) is 29.8 Å². The van der Waals surface area contributed by atoms with E-state index in [1.165, 1.54) is 24.3 Å². The van der Waals surface area contributed by atoms with Crippen LogP contribution in [0.3, 0.4) is 0 Å². The van der Waals surface area contributed by atoms with Crippen molar-refractivity contribution in [2.24, 2.45) is 0 Å². The van der Waals surface area contributed by atoms with Crippen molar-refractivity contribution in [1.82, 2.24) is 0 Å². The molecular formula is C16H15ClFN3O3. The highest BCUT2D eigenvalue weighted by Gasteiger charge is 2.17. The molecule has 24 heavy (non-hydrogen) atoms. The van der Waals surface area contributed by atoms with Gasteiger partial charge in [0.1, 0.15) is 11.5 Å². The lowest BCUT2D eigenvalue weighted by Crippen LogP contribution is -2.22. The summed E-state index contributed by atoms with van der Waals surface area (Å²) in [6.07, 6.45) is 0. The molecule has 126 valence electrons. The number of rotatable bonds is 5. The van der Waals surface area contributed by atoms with Gasteiger partial charge < -0.3 is 10.6 Å². The van der Waals surface area contributed by atoms with E-state index in [9.17, 15) is 19.3 Å². The second-order valence-corrected chi connectivity index (χ2v) is 5.67. The molecule has 0 unspecified atom stereocenters. The fourth-order valence-corrected chi connectivity index (χ4v) is 2.21. The molecule has 0 atom stereocenters. The van der Waals surface area contributed by atoms with Gasteiger partial charge in [0, 0.05) is 11.1 Å². The molecule has 0 bridgehead atoms. The maximum atomic E-state index is 13.6. The van der Waals surface area contributed by atoms with Crippen molar-refractivity contribution in [2.45, 2.75) is 13.8 Å². The summed E-state index contributed by atoms with van der Waals surface area (Å²) in [5.74, 6) is -1.12. The van der Waals surface area contributed by atoms with E-state index in [1.54, 1.807) is 13.8 Å². The average molecular weight is 352 g/mol.